The molecule has 1 aliphatic carbocycles. The zero-order valence-electron chi connectivity index (χ0n) is 8.66. The molecule has 2 nitrogen and oxygen atoms in total. The van der Waals surface area contributed by atoms with Crippen LogP contribution in [0.5, 0.6) is 0 Å². The van der Waals surface area contributed by atoms with Gasteiger partial charge in [0.15, 0.2) is 0 Å². The topological polar surface area (TPSA) is 38.9 Å². The number of nitrogens with two attached hydrogens (primary N) is 1. The molecule has 0 unspecified atom stereocenters. The van der Waals surface area contributed by atoms with Crippen LogP contribution in [0, 0.1) is 0 Å². The van der Waals surface area contributed by atoms with Gasteiger partial charge in [0.05, 0.1) is 10.7 Å². The Bertz CT molecular complexity index is 548. The van der Waals surface area contributed by atoms with Crippen LogP contribution in [0.25, 0.3) is 11.3 Å². The summed E-state index contributed by atoms with van der Waals surface area (Å²) in [7, 11) is 0. The van der Waals surface area contributed by atoms with Crippen molar-refractivity contribution in [1.82, 2.24) is 4.98 Å². The number of hydrogen-bond acceptors (Lipinski definition) is 3. The predicted octanol–water partition coefficient (Wildman–Crippen LogP) is 2.87. The fourth-order valence-electron chi connectivity index (χ4n) is 2.07. The van der Waals surface area contributed by atoms with Gasteiger partial charge in [-0.15, -0.1) is 11.3 Å². The SMILES string of the molecule is NCCc1nc2c(s1)Cc1cc(Cl)ccc1-2. The average molecular weight is 251 g/mol. The lowest BCUT2D eigenvalue weighted by Crippen LogP contribution is -2.02. The minimum atomic E-state index is 0.667. The van der Waals surface area contributed by atoms with Gasteiger partial charge in [-0.25, -0.2) is 4.98 Å². The monoisotopic (exact) mass is 250 g/mol. The van der Waals surface area contributed by atoms with Gasteiger partial charge in [0.25, 0.3) is 0 Å². The maximum absolute atomic E-state index is 5.98. The summed E-state index contributed by atoms with van der Waals surface area (Å²) in [4.78, 5) is 5.99. The lowest BCUT2D eigenvalue weighted by molar-refractivity contribution is 0.954. The van der Waals surface area contributed by atoms with Crippen molar-refractivity contribution in [2.24, 2.45) is 5.73 Å². The van der Waals surface area contributed by atoms with Crippen LogP contribution in [0.1, 0.15) is 15.4 Å². The molecule has 82 valence electrons. The Balaban J connectivity index is 2.06. The molecule has 0 saturated heterocycles. The Labute approximate surface area is 103 Å². The van der Waals surface area contributed by atoms with Crippen LogP contribution in [-0.4, -0.2) is 11.5 Å². The number of rotatable bonds is 2. The van der Waals surface area contributed by atoms with Crippen molar-refractivity contribution in [3.63, 3.8) is 0 Å². The van der Waals surface area contributed by atoms with Gasteiger partial charge >= 0.3 is 0 Å². The van der Waals surface area contributed by atoms with Crippen molar-refractivity contribution in [3.05, 3.63) is 38.7 Å². The highest BCUT2D eigenvalue weighted by Crippen LogP contribution is 2.40. The number of hydrogen-bond donors (Lipinski definition) is 1. The predicted molar refractivity (Wildman–Crippen MR) is 68.1 cm³/mol. The Morgan fingerprint density at radius 2 is 2.31 bits per heavy atom. The fraction of sp³-hybridized carbons (Fsp3) is 0.250. The second-order valence-corrected chi connectivity index (χ2v) is 5.50. The minimum absolute atomic E-state index is 0.667. The maximum atomic E-state index is 5.98. The Morgan fingerprint density at radius 1 is 1.44 bits per heavy atom. The van der Waals surface area contributed by atoms with Crippen LogP contribution >= 0.6 is 22.9 Å². The molecule has 0 radical (unpaired) electrons. The zero-order chi connectivity index (χ0) is 11.1. The molecule has 2 aromatic rings. The molecule has 0 bridgehead atoms. The van der Waals surface area contributed by atoms with Crippen molar-refractivity contribution >= 4 is 22.9 Å². The highest BCUT2D eigenvalue weighted by Gasteiger charge is 2.22. The molecule has 1 aromatic carbocycles. The van der Waals surface area contributed by atoms with E-state index in [4.69, 9.17) is 17.3 Å². The van der Waals surface area contributed by atoms with Crippen molar-refractivity contribution in [1.29, 1.82) is 0 Å². The van der Waals surface area contributed by atoms with E-state index in [9.17, 15) is 0 Å². The molecule has 2 N–H and O–H groups in total. The van der Waals surface area contributed by atoms with E-state index in [1.807, 2.05) is 12.1 Å². The first kappa shape index (κ1) is 10.3. The second kappa shape index (κ2) is 3.84. The first-order valence-corrected chi connectivity index (χ1v) is 6.45. The summed E-state index contributed by atoms with van der Waals surface area (Å²) < 4.78 is 0. The third-order valence-corrected chi connectivity index (χ3v) is 4.12. The van der Waals surface area contributed by atoms with Crippen molar-refractivity contribution in [2.45, 2.75) is 12.8 Å². The summed E-state index contributed by atoms with van der Waals surface area (Å²) in [6.45, 7) is 0.667. The van der Waals surface area contributed by atoms with E-state index in [-0.39, 0.29) is 0 Å². The Kier molecular flexibility index (Phi) is 2.46. The number of fused-ring (bicyclic) bond motifs is 3. The van der Waals surface area contributed by atoms with E-state index in [0.717, 1.165) is 28.6 Å². The third kappa shape index (κ3) is 1.56. The second-order valence-electron chi connectivity index (χ2n) is 3.90. The van der Waals surface area contributed by atoms with Gasteiger partial charge in [0.2, 0.25) is 0 Å². The van der Waals surface area contributed by atoms with Crippen molar-refractivity contribution < 1.29 is 0 Å². The minimum Gasteiger partial charge on any atom is -0.330 e. The molecule has 4 heteroatoms. The molecule has 1 aromatic heterocycles. The van der Waals surface area contributed by atoms with E-state index in [2.05, 4.69) is 11.1 Å². The zero-order valence-corrected chi connectivity index (χ0v) is 10.2. The lowest BCUT2D eigenvalue weighted by Gasteiger charge is -1.99. The molecule has 3 rings (SSSR count). The Hall–Kier alpha value is -0.900. The van der Waals surface area contributed by atoms with E-state index in [1.165, 1.54) is 16.0 Å². The van der Waals surface area contributed by atoms with Gasteiger partial charge in [-0.1, -0.05) is 17.7 Å². The van der Waals surface area contributed by atoms with Crippen molar-refractivity contribution in [2.75, 3.05) is 6.54 Å². The number of benzene rings is 1. The molecule has 0 amide bonds. The standard InChI is InChI=1S/C12H11ClN2S/c13-8-1-2-9-7(5-8)6-10-12(9)15-11(16-10)3-4-14/h1-2,5H,3-4,6,14H2. The number of thiazole rings is 1. The molecular weight excluding hydrogens is 240 g/mol. The van der Waals surface area contributed by atoms with E-state index in [0.29, 0.717) is 6.54 Å². The summed E-state index contributed by atoms with van der Waals surface area (Å²) in [6, 6.07) is 6.03. The van der Waals surface area contributed by atoms with Gasteiger partial charge in [-0.05, 0) is 24.2 Å². The quantitative estimate of drug-likeness (QED) is 0.760. The molecule has 0 saturated carbocycles. The first-order chi connectivity index (χ1) is 7.78. The normalized spacial score (nSPS) is 12.6. The molecular formula is C12H11ClN2S. The highest BCUT2D eigenvalue weighted by molar-refractivity contribution is 7.12. The van der Waals surface area contributed by atoms with E-state index >= 15 is 0 Å². The third-order valence-electron chi connectivity index (χ3n) is 2.77. The molecule has 0 aliphatic heterocycles. The summed E-state index contributed by atoms with van der Waals surface area (Å²) in [5, 5.41) is 1.95. The fourth-order valence-corrected chi connectivity index (χ4v) is 3.39. The van der Waals surface area contributed by atoms with Gasteiger partial charge in [0.1, 0.15) is 0 Å². The largest absolute Gasteiger partial charge is 0.330 e. The summed E-state index contributed by atoms with van der Waals surface area (Å²) >= 11 is 7.76. The number of aromatic nitrogens is 1. The Morgan fingerprint density at radius 3 is 3.12 bits per heavy atom. The van der Waals surface area contributed by atoms with Gasteiger partial charge in [-0.2, -0.15) is 0 Å². The van der Waals surface area contributed by atoms with E-state index < -0.39 is 0 Å². The smallest absolute Gasteiger partial charge is 0.0948 e. The molecule has 0 spiro atoms. The van der Waals surface area contributed by atoms with Crippen LogP contribution in [0.2, 0.25) is 5.02 Å². The molecule has 1 heterocycles. The lowest BCUT2D eigenvalue weighted by atomic mass is 10.1. The number of nitrogens with zero attached hydrogens (tertiary/aromatic N) is 1. The van der Waals surface area contributed by atoms with Crippen LogP contribution in [0.15, 0.2) is 18.2 Å². The number of halogens is 1. The van der Waals surface area contributed by atoms with Gasteiger partial charge in [-0.3, -0.25) is 0 Å². The van der Waals surface area contributed by atoms with Crippen molar-refractivity contribution in [3.8, 4) is 11.3 Å². The molecule has 1 aliphatic rings. The summed E-state index contributed by atoms with van der Waals surface area (Å²) in [5.41, 5.74) is 9.21. The van der Waals surface area contributed by atoms with Crippen LogP contribution in [-0.2, 0) is 12.8 Å². The highest BCUT2D eigenvalue weighted by atomic mass is 35.5. The average Bonchev–Trinajstić information content (AvgIpc) is 2.74. The van der Waals surface area contributed by atoms with E-state index in [1.54, 1.807) is 11.3 Å². The van der Waals surface area contributed by atoms with Gasteiger partial charge in [0, 0.05) is 28.3 Å². The maximum Gasteiger partial charge on any atom is 0.0948 e. The summed E-state index contributed by atoms with van der Waals surface area (Å²) in [6.07, 6.45) is 1.84. The van der Waals surface area contributed by atoms with Crippen LogP contribution in [0.3, 0.4) is 0 Å². The van der Waals surface area contributed by atoms with Crippen LogP contribution in [0.4, 0.5) is 0 Å². The molecule has 0 atom stereocenters. The summed E-state index contributed by atoms with van der Waals surface area (Å²) in [5.74, 6) is 0. The molecule has 0 fully saturated rings. The first-order valence-electron chi connectivity index (χ1n) is 5.25. The van der Waals surface area contributed by atoms with Crippen LogP contribution < -0.4 is 5.73 Å². The molecule has 16 heavy (non-hydrogen) atoms. The van der Waals surface area contributed by atoms with Gasteiger partial charge < -0.3 is 5.73 Å².